The van der Waals surface area contributed by atoms with E-state index < -0.39 is 0 Å². The summed E-state index contributed by atoms with van der Waals surface area (Å²) in [6, 6.07) is 14.9. The third-order valence-electron chi connectivity index (χ3n) is 6.18. The second-order valence-electron chi connectivity index (χ2n) is 8.46. The molecule has 1 fully saturated rings. The van der Waals surface area contributed by atoms with Crippen molar-refractivity contribution in [3.05, 3.63) is 66.2 Å². The lowest BCUT2D eigenvalue weighted by molar-refractivity contribution is -0.122. The third-order valence-corrected chi connectivity index (χ3v) is 6.18. The number of phenolic OH excluding ortho intramolecular Hbond substituents is 1. The smallest absolute Gasteiger partial charge is 0.230 e. The van der Waals surface area contributed by atoms with E-state index in [0.717, 1.165) is 42.8 Å². The molecule has 0 spiro atoms. The number of anilines is 1. The van der Waals surface area contributed by atoms with Gasteiger partial charge in [0.15, 0.2) is 0 Å². The van der Waals surface area contributed by atoms with Crippen LogP contribution in [0.25, 0.3) is 0 Å². The summed E-state index contributed by atoms with van der Waals surface area (Å²) < 4.78 is 5.93. The van der Waals surface area contributed by atoms with Crippen LogP contribution < -0.4 is 9.64 Å². The molecule has 164 valence electrons. The predicted octanol–water partition coefficient (Wildman–Crippen LogP) is 4.76. The summed E-state index contributed by atoms with van der Waals surface area (Å²) in [7, 11) is 0. The number of phenols is 1. The first-order valence-electron chi connectivity index (χ1n) is 11.4. The Morgan fingerprint density at radius 1 is 1.03 bits per heavy atom. The molecule has 1 aliphatic heterocycles. The van der Waals surface area contributed by atoms with Crippen LogP contribution in [-0.2, 0) is 11.3 Å². The number of hydrogen-bond donors (Lipinski definition) is 1. The molecule has 0 aromatic heterocycles. The van der Waals surface area contributed by atoms with E-state index in [4.69, 9.17) is 4.74 Å². The first kappa shape index (κ1) is 21.4. The molecule has 1 N–H and O–H groups in total. The molecule has 1 atom stereocenters. The number of rotatable bonds is 8. The molecular formula is C26H32N2O3. The fourth-order valence-corrected chi connectivity index (χ4v) is 4.34. The SMILES string of the molecule is O=C(C1CC=CCC1)N(Cc1ccc(O)cc1)c1ccc(OCCN2CCCC2)cc1. The average Bonchev–Trinajstić information content (AvgIpc) is 3.33. The Labute approximate surface area is 184 Å². The summed E-state index contributed by atoms with van der Waals surface area (Å²) >= 11 is 0. The monoisotopic (exact) mass is 420 g/mol. The number of ether oxygens (including phenoxy) is 1. The van der Waals surface area contributed by atoms with Gasteiger partial charge in [-0.2, -0.15) is 0 Å². The first-order valence-corrected chi connectivity index (χ1v) is 11.4. The van der Waals surface area contributed by atoms with Gasteiger partial charge < -0.3 is 14.7 Å². The Morgan fingerprint density at radius 2 is 1.77 bits per heavy atom. The maximum Gasteiger partial charge on any atom is 0.230 e. The molecule has 4 rings (SSSR count). The van der Waals surface area contributed by atoms with Gasteiger partial charge in [-0.15, -0.1) is 0 Å². The van der Waals surface area contributed by atoms with Crippen LogP contribution in [0.2, 0.25) is 0 Å². The molecule has 2 aliphatic rings. The van der Waals surface area contributed by atoms with Crippen LogP contribution in [0.15, 0.2) is 60.7 Å². The molecule has 2 aromatic rings. The van der Waals surface area contributed by atoms with Gasteiger partial charge in [-0.05, 0) is 87.2 Å². The lowest BCUT2D eigenvalue weighted by Gasteiger charge is -2.28. The summed E-state index contributed by atoms with van der Waals surface area (Å²) in [5.41, 5.74) is 1.86. The van der Waals surface area contributed by atoms with Crippen LogP contribution in [0, 0.1) is 5.92 Å². The number of hydrogen-bond acceptors (Lipinski definition) is 4. The maximum absolute atomic E-state index is 13.4. The van der Waals surface area contributed by atoms with E-state index in [1.165, 1.54) is 25.9 Å². The van der Waals surface area contributed by atoms with Crippen LogP contribution in [0.5, 0.6) is 11.5 Å². The summed E-state index contributed by atoms with van der Waals surface area (Å²) in [6.45, 7) is 4.47. The highest BCUT2D eigenvalue weighted by Crippen LogP contribution is 2.28. The van der Waals surface area contributed by atoms with Crippen molar-refractivity contribution in [2.45, 2.75) is 38.6 Å². The highest BCUT2D eigenvalue weighted by molar-refractivity contribution is 5.95. The molecule has 1 unspecified atom stereocenters. The fraction of sp³-hybridized carbons (Fsp3) is 0.423. The van der Waals surface area contributed by atoms with Crippen LogP contribution in [-0.4, -0.2) is 42.2 Å². The Morgan fingerprint density at radius 3 is 2.45 bits per heavy atom. The van der Waals surface area contributed by atoms with Crippen LogP contribution in [0.1, 0.15) is 37.7 Å². The molecule has 5 heteroatoms. The normalized spacial score (nSPS) is 18.8. The van der Waals surface area contributed by atoms with E-state index in [2.05, 4.69) is 17.1 Å². The van der Waals surface area contributed by atoms with E-state index in [0.29, 0.717) is 13.2 Å². The number of benzene rings is 2. The lowest BCUT2D eigenvalue weighted by atomic mass is 9.92. The van der Waals surface area contributed by atoms with Crippen molar-refractivity contribution in [1.82, 2.24) is 4.90 Å². The number of likely N-dealkylation sites (tertiary alicyclic amines) is 1. The van der Waals surface area contributed by atoms with Gasteiger partial charge in [-0.1, -0.05) is 24.3 Å². The summed E-state index contributed by atoms with van der Waals surface area (Å²) in [5, 5.41) is 9.59. The second kappa shape index (κ2) is 10.5. The van der Waals surface area contributed by atoms with Crippen molar-refractivity contribution in [3.8, 4) is 11.5 Å². The summed E-state index contributed by atoms with van der Waals surface area (Å²) in [6.07, 6.45) is 9.48. The number of nitrogens with zero attached hydrogens (tertiary/aromatic N) is 2. The van der Waals surface area contributed by atoms with Gasteiger partial charge in [0.2, 0.25) is 5.91 Å². The van der Waals surface area contributed by atoms with E-state index in [1.54, 1.807) is 12.1 Å². The highest BCUT2D eigenvalue weighted by atomic mass is 16.5. The van der Waals surface area contributed by atoms with Gasteiger partial charge in [-0.3, -0.25) is 9.69 Å². The van der Waals surface area contributed by atoms with E-state index in [9.17, 15) is 9.90 Å². The number of allylic oxidation sites excluding steroid dienone is 2. The van der Waals surface area contributed by atoms with Gasteiger partial charge in [0.05, 0.1) is 6.54 Å². The standard InChI is InChI=1S/C26H32N2O3/c29-24-12-8-21(9-13-24)20-28(26(30)22-6-2-1-3-7-22)23-10-14-25(15-11-23)31-19-18-27-16-4-5-17-27/h1-2,8-15,22,29H,3-7,16-20H2. The predicted molar refractivity (Wildman–Crippen MR) is 123 cm³/mol. The molecule has 2 aromatic carbocycles. The number of aromatic hydroxyl groups is 1. The topological polar surface area (TPSA) is 53.0 Å². The Kier molecular flexibility index (Phi) is 7.26. The molecule has 0 bridgehead atoms. The van der Waals surface area contributed by atoms with Crippen LogP contribution >= 0.6 is 0 Å². The van der Waals surface area contributed by atoms with E-state index >= 15 is 0 Å². The van der Waals surface area contributed by atoms with Gasteiger partial charge >= 0.3 is 0 Å². The average molecular weight is 421 g/mol. The highest BCUT2D eigenvalue weighted by Gasteiger charge is 2.26. The minimum atomic E-state index is 0.0125. The van der Waals surface area contributed by atoms with Gasteiger partial charge in [0.25, 0.3) is 0 Å². The molecule has 31 heavy (non-hydrogen) atoms. The number of carbonyl (C=O) groups excluding carboxylic acids is 1. The first-order chi connectivity index (χ1) is 15.2. The zero-order valence-electron chi connectivity index (χ0n) is 18.1. The van der Waals surface area contributed by atoms with E-state index in [-0.39, 0.29) is 17.6 Å². The molecule has 0 saturated carbocycles. The summed E-state index contributed by atoms with van der Waals surface area (Å²) in [5.74, 6) is 1.23. The quantitative estimate of drug-likeness (QED) is 0.626. The largest absolute Gasteiger partial charge is 0.508 e. The molecular weight excluding hydrogens is 388 g/mol. The van der Waals surface area contributed by atoms with Crippen molar-refractivity contribution in [2.75, 3.05) is 31.1 Å². The molecule has 0 radical (unpaired) electrons. The van der Waals surface area contributed by atoms with Gasteiger partial charge in [0, 0.05) is 18.2 Å². The zero-order chi connectivity index (χ0) is 21.5. The zero-order valence-corrected chi connectivity index (χ0v) is 18.1. The Hall–Kier alpha value is -2.79. The van der Waals surface area contributed by atoms with Crippen molar-refractivity contribution < 1.29 is 14.6 Å². The van der Waals surface area contributed by atoms with Crippen molar-refractivity contribution in [2.24, 2.45) is 5.92 Å². The minimum Gasteiger partial charge on any atom is -0.508 e. The summed E-state index contributed by atoms with van der Waals surface area (Å²) in [4.78, 5) is 17.7. The Balaban J connectivity index is 1.44. The fourth-order valence-electron chi connectivity index (χ4n) is 4.34. The van der Waals surface area contributed by atoms with Crippen molar-refractivity contribution in [3.63, 3.8) is 0 Å². The van der Waals surface area contributed by atoms with Crippen LogP contribution in [0.4, 0.5) is 5.69 Å². The van der Waals surface area contributed by atoms with Gasteiger partial charge in [0.1, 0.15) is 18.1 Å². The lowest BCUT2D eigenvalue weighted by Crippen LogP contribution is -2.36. The molecule has 1 amide bonds. The Bertz CT molecular complexity index is 871. The minimum absolute atomic E-state index is 0.0125. The van der Waals surface area contributed by atoms with Gasteiger partial charge in [-0.25, -0.2) is 0 Å². The second-order valence-corrected chi connectivity index (χ2v) is 8.46. The van der Waals surface area contributed by atoms with Crippen molar-refractivity contribution >= 4 is 11.6 Å². The number of amides is 1. The van der Waals surface area contributed by atoms with Crippen molar-refractivity contribution in [1.29, 1.82) is 0 Å². The molecule has 1 saturated heterocycles. The van der Waals surface area contributed by atoms with Crippen LogP contribution in [0.3, 0.4) is 0 Å². The molecule has 1 aliphatic carbocycles. The third kappa shape index (κ3) is 5.88. The maximum atomic E-state index is 13.4. The molecule has 1 heterocycles. The molecule has 5 nitrogen and oxygen atoms in total. The number of carbonyl (C=O) groups is 1. The van der Waals surface area contributed by atoms with E-state index in [1.807, 2.05) is 41.3 Å².